The van der Waals surface area contributed by atoms with Crippen molar-refractivity contribution in [2.75, 3.05) is 0 Å². The summed E-state index contributed by atoms with van der Waals surface area (Å²) in [6, 6.07) is 82.3. The fraction of sp³-hybridized carbons (Fsp3) is 0.146. The van der Waals surface area contributed by atoms with E-state index < -0.39 is 13.7 Å². The summed E-state index contributed by atoms with van der Waals surface area (Å²) in [6.07, 6.45) is 10.3. The number of nitrogens with zero attached hydrogens (tertiary/aromatic N) is 8. The molecule has 0 aliphatic carbocycles. The molecule has 0 bridgehead atoms. The maximum atomic E-state index is 8.15. The Kier molecular flexibility index (Phi) is 17.7. The van der Waals surface area contributed by atoms with E-state index in [0.29, 0.717) is 55.9 Å². The molecule has 12 heterocycles. The van der Waals surface area contributed by atoms with Crippen LogP contribution >= 0.6 is 0 Å². The average Bonchev–Trinajstić information content (AvgIpc) is 1.59. The van der Waals surface area contributed by atoms with E-state index in [1.165, 1.54) is 38.9 Å². The Labute approximate surface area is 677 Å². The van der Waals surface area contributed by atoms with Crippen LogP contribution in [0.3, 0.4) is 0 Å². The maximum absolute atomic E-state index is 8.15. The summed E-state index contributed by atoms with van der Waals surface area (Å²) >= 11 is 0. The Bertz CT molecular complexity index is 7460. The van der Waals surface area contributed by atoms with Gasteiger partial charge in [0.1, 0.15) is 28.2 Å². The largest absolute Gasteiger partial charge is 0.437 e. The van der Waals surface area contributed by atoms with E-state index in [2.05, 4.69) is 256 Å². The molecule has 0 aliphatic heterocycles. The number of benzene rings is 8. The molecule has 12 nitrogen and oxygen atoms in total. The SMILES string of the molecule is Cc1ccc2c(n1)oc1c(-c3cc(C)c(-c4ccccc4)c[n+]3C)c(C)ccc12.Cc1ccc2c(oc3ncccc32)c1-c1cc(-c2ccccc2)cc[n+]1C.[2H]C([2H])([2H])c1cc(C)c(-c2cc(C)c(-c3ccccc3)c[n+]2C)c2oc3nc(C)ccc3c12.[2H]C([2H])([2H])c1cc(C)c(-c2ccc(-c3ccccc3)c[n+]2C)c2oc3nc(C)ccc3c12. The number of aryl methyl sites for hydroxylation is 15. The number of hydrogen-bond acceptors (Lipinski definition) is 8. The molecule has 8 aromatic carbocycles. The van der Waals surface area contributed by atoms with E-state index in [1.54, 1.807) is 18.3 Å². The highest BCUT2D eigenvalue weighted by Gasteiger charge is 2.29. The molecule has 20 aromatic rings. The van der Waals surface area contributed by atoms with Crippen LogP contribution in [0.4, 0.5) is 0 Å². The average molecular weight is 1510 g/mol. The predicted molar refractivity (Wildman–Crippen MR) is 466 cm³/mol. The zero-order chi connectivity index (χ0) is 84.6. The van der Waals surface area contributed by atoms with Gasteiger partial charge in [-0.2, -0.15) is 0 Å². The Hall–Kier alpha value is -13.8. The summed E-state index contributed by atoms with van der Waals surface area (Å²) in [5.41, 5.74) is 32.5. The number of aromatic nitrogens is 8. The zero-order valence-electron chi connectivity index (χ0n) is 72.7. The van der Waals surface area contributed by atoms with Gasteiger partial charge in [0.05, 0.1) is 22.3 Å². The van der Waals surface area contributed by atoms with E-state index in [-0.39, 0.29) is 0 Å². The second-order valence-corrected chi connectivity index (χ2v) is 30.1. The molecule has 0 N–H and O–H groups in total. The van der Waals surface area contributed by atoms with Gasteiger partial charge in [-0.05, 0) is 203 Å². The molecule has 12 aromatic heterocycles. The van der Waals surface area contributed by atoms with Crippen molar-refractivity contribution >= 4 is 88.3 Å². The summed E-state index contributed by atoms with van der Waals surface area (Å²) in [5.74, 6) is 0. The summed E-state index contributed by atoms with van der Waals surface area (Å²) in [6.45, 7) is 13.7. The Morgan fingerprint density at radius 3 is 1.14 bits per heavy atom. The topological polar surface area (TPSA) is 120 Å². The van der Waals surface area contributed by atoms with Crippen LogP contribution in [-0.4, -0.2) is 19.9 Å². The normalized spacial score (nSPS) is 12.4. The molecular weight excluding hydrogens is 1410 g/mol. The van der Waals surface area contributed by atoms with E-state index in [0.717, 1.165) is 145 Å². The first-order valence-electron chi connectivity index (χ1n) is 41.6. The van der Waals surface area contributed by atoms with Gasteiger partial charge >= 0.3 is 0 Å². The predicted octanol–water partition coefficient (Wildman–Crippen LogP) is 24.0. The molecule has 0 aliphatic rings. The molecule has 0 saturated heterocycles. The second kappa shape index (κ2) is 30.3. The van der Waals surface area contributed by atoms with Crippen LogP contribution in [0, 0.1) is 76.0 Å². The first-order chi connectivity index (χ1) is 58.1. The molecule has 0 amide bonds. The lowest BCUT2D eigenvalue weighted by atomic mass is 9.95. The quantitative estimate of drug-likeness (QED) is 0.138. The summed E-state index contributed by atoms with van der Waals surface area (Å²) < 4.78 is 82.3. The third-order valence-electron chi connectivity index (χ3n) is 22.0. The van der Waals surface area contributed by atoms with Crippen molar-refractivity contribution in [1.29, 1.82) is 0 Å². The third-order valence-corrected chi connectivity index (χ3v) is 22.0. The highest BCUT2D eigenvalue weighted by atomic mass is 16.4. The van der Waals surface area contributed by atoms with Crippen LogP contribution in [-0.2, 0) is 28.2 Å². The van der Waals surface area contributed by atoms with Gasteiger partial charge < -0.3 is 17.7 Å². The first kappa shape index (κ1) is 66.9. The molecule has 0 atom stereocenters. The minimum Gasteiger partial charge on any atom is -0.437 e. The molecular formula is C103H90N8O4+4. The number of furan rings is 4. The highest BCUT2D eigenvalue weighted by Crippen LogP contribution is 2.44. The molecule has 0 radical (unpaired) electrons. The number of pyridine rings is 8. The van der Waals surface area contributed by atoms with Crippen LogP contribution in [0.2, 0.25) is 0 Å². The summed E-state index contributed by atoms with van der Waals surface area (Å²) in [7, 11) is 8.18. The van der Waals surface area contributed by atoms with Gasteiger partial charge in [-0.25, -0.2) is 38.2 Å². The third kappa shape index (κ3) is 13.8. The molecule has 0 saturated carbocycles. The summed E-state index contributed by atoms with van der Waals surface area (Å²) in [4.78, 5) is 18.1. The van der Waals surface area contributed by atoms with E-state index in [1.807, 2.05) is 128 Å². The van der Waals surface area contributed by atoms with Crippen molar-refractivity contribution in [3.8, 4) is 89.5 Å². The molecule has 115 heavy (non-hydrogen) atoms. The van der Waals surface area contributed by atoms with Gasteiger partial charge in [-0.15, -0.1) is 0 Å². The Balaban J connectivity index is 0.000000115. The van der Waals surface area contributed by atoms with Gasteiger partial charge in [-0.3, -0.25) is 0 Å². The number of hydrogen-bond donors (Lipinski definition) is 0. The van der Waals surface area contributed by atoms with Crippen LogP contribution in [0.1, 0.15) is 69.8 Å². The van der Waals surface area contributed by atoms with Gasteiger partial charge in [0, 0.05) is 122 Å². The minimum absolute atomic E-state index is 0.293. The minimum atomic E-state index is -2.27. The van der Waals surface area contributed by atoms with E-state index >= 15 is 0 Å². The van der Waals surface area contributed by atoms with E-state index in [9.17, 15) is 0 Å². The molecule has 0 spiro atoms. The lowest BCUT2D eigenvalue weighted by Crippen LogP contribution is -2.31. The first-order valence-corrected chi connectivity index (χ1v) is 38.6. The fourth-order valence-electron chi connectivity index (χ4n) is 16.2. The number of fused-ring (bicyclic) bond motifs is 12. The van der Waals surface area contributed by atoms with Crippen molar-refractivity contribution in [3.63, 3.8) is 0 Å². The van der Waals surface area contributed by atoms with Gasteiger partial charge in [0.25, 0.3) is 0 Å². The lowest BCUT2D eigenvalue weighted by Gasteiger charge is -2.11. The number of rotatable bonds is 8. The van der Waals surface area contributed by atoms with E-state index in [4.69, 9.17) is 25.9 Å². The second-order valence-electron chi connectivity index (χ2n) is 30.1. The maximum Gasteiger partial charge on any atom is 0.227 e. The van der Waals surface area contributed by atoms with Gasteiger partial charge in [-0.1, -0.05) is 158 Å². The Morgan fingerprint density at radius 1 is 0.270 bits per heavy atom. The van der Waals surface area contributed by atoms with Crippen LogP contribution in [0.15, 0.2) is 291 Å². The van der Waals surface area contributed by atoms with Crippen LogP contribution < -0.4 is 18.3 Å². The fourth-order valence-corrected chi connectivity index (χ4v) is 16.2. The van der Waals surface area contributed by atoms with Crippen molar-refractivity contribution < 1.29 is 44.2 Å². The summed E-state index contributed by atoms with van der Waals surface area (Å²) in [5, 5.41) is 7.00. The van der Waals surface area contributed by atoms with Crippen molar-refractivity contribution in [3.05, 3.63) is 335 Å². The van der Waals surface area contributed by atoms with Gasteiger partial charge in [0.2, 0.25) is 45.6 Å². The monoisotopic (exact) mass is 1510 g/mol. The highest BCUT2D eigenvalue weighted by molar-refractivity contribution is 6.13. The van der Waals surface area contributed by atoms with Gasteiger partial charge in [0.15, 0.2) is 47.1 Å². The lowest BCUT2D eigenvalue weighted by molar-refractivity contribution is -0.660. The van der Waals surface area contributed by atoms with Crippen LogP contribution in [0.25, 0.3) is 178 Å². The standard InChI is InChI=1S/C27H25N2O.2C26H23N2O.C24H19N2O/c1-16-14-23(29(5)15-22(16)20-9-7-6-8-10-20)25-18(3)13-17(2)24-21-12-11-19(4)28-27(21)30-26(24)25;1-16-14-17(2)24(25-23(16)21-12-10-18(3)27-26(21)29-25)22-13-11-20(15-28(22)4)19-8-6-5-7-9-19;1-16-10-12-20-21-13-11-18(3)27-26(21)29-25(20)24(16)23-14-17(2)22(15-28(23)4)19-8-6-5-7-9-19;1-16-10-11-19-20-9-6-13-25-24(20)27-23(19)22(16)21-15-18(12-14-26(21)2)17-7-4-3-5-8-17/h6-15H,1-5H3;2*5-15H,1-4H3;3-15H,1-2H3/q4*+1/i2D3;1D3;;. The zero-order valence-corrected chi connectivity index (χ0v) is 66.7. The molecule has 0 unspecified atom stereocenters. The molecule has 0 fully saturated rings. The van der Waals surface area contributed by atoms with Crippen LogP contribution in [0.5, 0.6) is 0 Å². The van der Waals surface area contributed by atoms with Crippen molar-refractivity contribution in [2.24, 2.45) is 28.2 Å². The Morgan fingerprint density at radius 2 is 0.661 bits per heavy atom. The molecule has 20 rings (SSSR count). The van der Waals surface area contributed by atoms with Crippen molar-refractivity contribution in [1.82, 2.24) is 19.9 Å². The van der Waals surface area contributed by atoms with Crippen molar-refractivity contribution in [2.45, 2.75) is 76.0 Å². The molecule has 562 valence electrons. The molecule has 12 heteroatoms. The smallest absolute Gasteiger partial charge is 0.227 e.